The molecule has 4 heteroatoms. The molecule has 1 aliphatic carbocycles. The smallest absolute Gasteiger partial charge is 0.264 e. The summed E-state index contributed by atoms with van der Waals surface area (Å²) in [6.45, 7) is 9.89. The van der Waals surface area contributed by atoms with Crippen molar-refractivity contribution < 1.29 is 12.6 Å². The van der Waals surface area contributed by atoms with E-state index in [1.807, 2.05) is 20.8 Å². The fraction of sp³-hybridized carbons (Fsp3) is 0.714. The monoisotopic (exact) mass is 368 g/mol. The Morgan fingerprint density at radius 1 is 1.12 bits per heavy atom. The maximum absolute atomic E-state index is 10.7. The molecule has 144 valence electrons. The molecular formula is C21H36O3S. The molecule has 1 saturated carbocycles. The minimum Gasteiger partial charge on any atom is -0.267 e. The molecular weight excluding hydrogens is 332 g/mol. The van der Waals surface area contributed by atoms with Crippen molar-refractivity contribution in [3.8, 4) is 0 Å². The van der Waals surface area contributed by atoms with Crippen LogP contribution < -0.4 is 0 Å². The van der Waals surface area contributed by atoms with Crippen molar-refractivity contribution in [1.82, 2.24) is 0 Å². The quantitative estimate of drug-likeness (QED) is 0.634. The van der Waals surface area contributed by atoms with Crippen molar-refractivity contribution in [2.45, 2.75) is 78.7 Å². The second-order valence-corrected chi connectivity index (χ2v) is 9.88. The molecule has 1 aromatic rings. The van der Waals surface area contributed by atoms with Gasteiger partial charge in [0.25, 0.3) is 10.1 Å². The van der Waals surface area contributed by atoms with Gasteiger partial charge in [-0.25, -0.2) is 0 Å². The average Bonchev–Trinajstić information content (AvgIpc) is 2.54. The van der Waals surface area contributed by atoms with Gasteiger partial charge in [-0.3, -0.25) is 4.18 Å². The normalized spacial score (nSPS) is 22.6. The van der Waals surface area contributed by atoms with Crippen LogP contribution in [0.25, 0.3) is 0 Å². The molecule has 0 bridgehead atoms. The Balaban J connectivity index is 0.000000260. The van der Waals surface area contributed by atoms with Gasteiger partial charge < -0.3 is 0 Å². The van der Waals surface area contributed by atoms with E-state index in [0.717, 1.165) is 18.1 Å². The van der Waals surface area contributed by atoms with Crippen LogP contribution in [-0.2, 0) is 14.3 Å². The molecule has 0 heterocycles. The van der Waals surface area contributed by atoms with Gasteiger partial charge in [0.2, 0.25) is 0 Å². The zero-order valence-electron chi connectivity index (χ0n) is 16.8. The molecule has 2 rings (SSSR count). The first-order chi connectivity index (χ1) is 11.5. The van der Waals surface area contributed by atoms with E-state index >= 15 is 0 Å². The second kappa shape index (κ2) is 9.72. The Morgan fingerprint density at radius 2 is 1.68 bits per heavy atom. The van der Waals surface area contributed by atoms with E-state index < -0.39 is 10.1 Å². The van der Waals surface area contributed by atoms with E-state index in [-0.39, 0.29) is 11.5 Å². The topological polar surface area (TPSA) is 43.4 Å². The standard InChI is InChI=1S/C14H20.C7H16O3S/c1-2-12-8-6-7-11-14(12)13-9-4-3-5-10-13;1-6(7(2,3)4)10-11(5,8)9/h3-5,9-10,12,14H,2,6-8,11H2,1H3;6H,1-5H3/t12-,14?;/m0./s1. The lowest BCUT2D eigenvalue weighted by Gasteiger charge is -2.31. The maximum Gasteiger partial charge on any atom is 0.264 e. The van der Waals surface area contributed by atoms with Crippen molar-refractivity contribution >= 4 is 10.1 Å². The molecule has 0 saturated heterocycles. The highest BCUT2D eigenvalue weighted by Crippen LogP contribution is 2.39. The van der Waals surface area contributed by atoms with Crippen LogP contribution >= 0.6 is 0 Å². The van der Waals surface area contributed by atoms with Crippen molar-refractivity contribution in [2.24, 2.45) is 11.3 Å². The summed E-state index contributed by atoms with van der Waals surface area (Å²) in [5.41, 5.74) is 1.43. The Labute approximate surface area is 155 Å². The van der Waals surface area contributed by atoms with Crippen LogP contribution in [0.5, 0.6) is 0 Å². The third-order valence-electron chi connectivity index (χ3n) is 5.20. The lowest BCUT2D eigenvalue weighted by molar-refractivity contribution is 0.111. The summed E-state index contributed by atoms with van der Waals surface area (Å²) in [7, 11) is -3.31. The average molecular weight is 369 g/mol. The summed E-state index contributed by atoms with van der Waals surface area (Å²) < 4.78 is 26.1. The number of hydrogen-bond acceptors (Lipinski definition) is 3. The molecule has 3 nitrogen and oxygen atoms in total. The molecule has 1 aromatic carbocycles. The third kappa shape index (κ3) is 8.37. The SMILES string of the molecule is CC(OS(C)(=O)=O)C(C)(C)C.CC[C@H]1CCCCC1c1ccccc1. The molecule has 1 fully saturated rings. The first kappa shape index (κ1) is 22.2. The van der Waals surface area contributed by atoms with Gasteiger partial charge >= 0.3 is 0 Å². The maximum atomic E-state index is 10.7. The summed E-state index contributed by atoms with van der Waals surface area (Å²) in [5, 5.41) is 0. The Morgan fingerprint density at radius 3 is 2.12 bits per heavy atom. The van der Waals surface area contributed by atoms with Crippen LogP contribution in [0.4, 0.5) is 0 Å². The van der Waals surface area contributed by atoms with E-state index in [0.29, 0.717) is 0 Å². The number of benzene rings is 1. The summed E-state index contributed by atoms with van der Waals surface area (Å²) >= 11 is 0. The lowest BCUT2D eigenvalue weighted by Crippen LogP contribution is -2.28. The molecule has 0 spiro atoms. The van der Waals surface area contributed by atoms with Gasteiger partial charge in [-0.05, 0) is 42.6 Å². The van der Waals surface area contributed by atoms with E-state index in [4.69, 9.17) is 4.18 Å². The zero-order valence-corrected chi connectivity index (χ0v) is 17.6. The highest BCUT2D eigenvalue weighted by atomic mass is 32.2. The predicted octanol–water partition coefficient (Wildman–Crippen LogP) is 5.77. The first-order valence-electron chi connectivity index (χ1n) is 9.47. The molecule has 25 heavy (non-hydrogen) atoms. The van der Waals surface area contributed by atoms with Gasteiger partial charge in [0, 0.05) is 0 Å². The highest BCUT2D eigenvalue weighted by molar-refractivity contribution is 7.86. The van der Waals surface area contributed by atoms with Crippen molar-refractivity contribution in [2.75, 3.05) is 6.26 Å². The Hall–Kier alpha value is -0.870. The van der Waals surface area contributed by atoms with Gasteiger partial charge in [-0.15, -0.1) is 0 Å². The van der Waals surface area contributed by atoms with Crippen molar-refractivity contribution in [3.63, 3.8) is 0 Å². The molecule has 3 atom stereocenters. The molecule has 0 radical (unpaired) electrons. The van der Waals surface area contributed by atoms with E-state index in [1.165, 1.54) is 32.1 Å². The third-order valence-corrected chi connectivity index (χ3v) is 5.84. The minimum absolute atomic E-state index is 0.136. The van der Waals surface area contributed by atoms with Crippen molar-refractivity contribution in [3.05, 3.63) is 35.9 Å². The molecule has 0 aromatic heterocycles. The molecule has 2 unspecified atom stereocenters. The molecule has 0 amide bonds. The van der Waals surface area contributed by atoms with Gasteiger partial charge in [0.15, 0.2) is 0 Å². The second-order valence-electron chi connectivity index (χ2n) is 8.28. The molecule has 1 aliphatic rings. The zero-order chi connectivity index (χ0) is 19.1. The lowest BCUT2D eigenvalue weighted by atomic mass is 9.74. The van der Waals surface area contributed by atoms with Crippen LogP contribution in [-0.4, -0.2) is 20.8 Å². The van der Waals surface area contributed by atoms with Gasteiger partial charge in [-0.2, -0.15) is 8.42 Å². The number of rotatable bonds is 4. The largest absolute Gasteiger partial charge is 0.267 e. The van der Waals surface area contributed by atoms with Crippen LogP contribution in [0, 0.1) is 11.3 Å². The predicted molar refractivity (Wildman–Crippen MR) is 106 cm³/mol. The minimum atomic E-state index is -3.31. The van der Waals surface area contributed by atoms with E-state index in [9.17, 15) is 8.42 Å². The molecule has 0 aliphatic heterocycles. The fourth-order valence-corrected chi connectivity index (χ4v) is 4.05. The van der Waals surface area contributed by atoms with Crippen molar-refractivity contribution in [1.29, 1.82) is 0 Å². The fourth-order valence-electron chi connectivity index (χ4n) is 3.24. The van der Waals surface area contributed by atoms with Crippen LogP contribution in [0.15, 0.2) is 30.3 Å². The van der Waals surface area contributed by atoms with Crippen LogP contribution in [0.1, 0.15) is 78.2 Å². The Bertz CT molecular complexity index is 587. The highest BCUT2D eigenvalue weighted by Gasteiger charge is 2.25. The molecule has 0 N–H and O–H groups in total. The van der Waals surface area contributed by atoms with E-state index in [1.54, 1.807) is 12.5 Å². The Kier molecular flexibility index (Phi) is 8.62. The first-order valence-corrected chi connectivity index (χ1v) is 11.3. The van der Waals surface area contributed by atoms with Gasteiger partial charge in [0.05, 0.1) is 12.4 Å². The summed E-state index contributed by atoms with van der Waals surface area (Å²) in [4.78, 5) is 0. The van der Waals surface area contributed by atoms with Gasteiger partial charge in [0.1, 0.15) is 0 Å². The number of hydrogen-bond donors (Lipinski definition) is 0. The summed E-state index contributed by atoms with van der Waals surface area (Å²) in [5.74, 6) is 1.78. The van der Waals surface area contributed by atoms with E-state index in [2.05, 4.69) is 37.3 Å². The van der Waals surface area contributed by atoms with Crippen LogP contribution in [0.3, 0.4) is 0 Å². The summed E-state index contributed by atoms with van der Waals surface area (Å²) in [6.07, 6.45) is 7.85. The van der Waals surface area contributed by atoms with Gasteiger partial charge in [-0.1, -0.05) is 77.3 Å². The van der Waals surface area contributed by atoms with Crippen LogP contribution in [0.2, 0.25) is 0 Å². The summed E-state index contributed by atoms with van der Waals surface area (Å²) in [6, 6.07) is 11.1.